The number of para-hydroxylation sites is 1. The maximum Gasteiger partial charge on any atom is 0.246 e. The molecule has 1 amide bonds. The van der Waals surface area contributed by atoms with Gasteiger partial charge < -0.3 is 15.4 Å². The minimum absolute atomic E-state index is 0.0933. The lowest BCUT2D eigenvalue weighted by Crippen LogP contribution is -2.53. The van der Waals surface area contributed by atoms with E-state index in [1.165, 1.54) is 12.1 Å². The molecule has 6 heteroatoms. The van der Waals surface area contributed by atoms with Gasteiger partial charge in [-0.3, -0.25) is 9.69 Å². The van der Waals surface area contributed by atoms with Crippen molar-refractivity contribution >= 4 is 11.6 Å². The molecule has 0 aliphatic carbocycles. The highest BCUT2D eigenvalue weighted by Gasteiger charge is 2.44. The number of nitrogens with one attached hydrogen (secondary N) is 2. The minimum Gasteiger partial charge on any atom is -0.496 e. The van der Waals surface area contributed by atoms with Gasteiger partial charge in [-0.25, -0.2) is 4.39 Å². The number of halogens is 1. The highest BCUT2D eigenvalue weighted by Crippen LogP contribution is 2.29. The number of methoxy groups -OCH3 is 1. The van der Waals surface area contributed by atoms with E-state index < -0.39 is 5.54 Å². The van der Waals surface area contributed by atoms with E-state index in [-0.39, 0.29) is 11.7 Å². The van der Waals surface area contributed by atoms with E-state index in [1.807, 2.05) is 24.3 Å². The zero-order valence-corrected chi connectivity index (χ0v) is 15.1. The van der Waals surface area contributed by atoms with Gasteiger partial charge in [0.2, 0.25) is 5.91 Å². The van der Waals surface area contributed by atoms with Crippen molar-refractivity contribution in [1.82, 2.24) is 10.2 Å². The highest BCUT2D eigenvalue weighted by molar-refractivity contribution is 5.90. The molecule has 2 aromatic rings. The lowest BCUT2D eigenvalue weighted by atomic mass is 9.96. The van der Waals surface area contributed by atoms with Gasteiger partial charge >= 0.3 is 0 Å². The van der Waals surface area contributed by atoms with Crippen molar-refractivity contribution < 1.29 is 13.9 Å². The van der Waals surface area contributed by atoms with Crippen LogP contribution in [0.25, 0.3) is 0 Å². The van der Waals surface area contributed by atoms with Crippen LogP contribution in [0, 0.1) is 5.82 Å². The number of likely N-dealkylation sites (N-methyl/N-ethyl adjacent to an activating group) is 1. The third-order valence-corrected chi connectivity index (χ3v) is 4.80. The number of ether oxygens (including phenoxy) is 1. The molecule has 0 aromatic heterocycles. The highest BCUT2D eigenvalue weighted by atomic mass is 19.1. The lowest BCUT2D eigenvalue weighted by Gasteiger charge is -2.30. The summed E-state index contributed by atoms with van der Waals surface area (Å²) in [4.78, 5) is 14.8. The van der Waals surface area contributed by atoms with Crippen molar-refractivity contribution in [2.75, 3.05) is 32.6 Å². The topological polar surface area (TPSA) is 53.6 Å². The third-order valence-electron chi connectivity index (χ3n) is 4.80. The monoisotopic (exact) mass is 357 g/mol. The second-order valence-electron chi connectivity index (χ2n) is 6.57. The summed E-state index contributed by atoms with van der Waals surface area (Å²) in [6, 6.07) is 14.1. The Balaban J connectivity index is 1.78. The van der Waals surface area contributed by atoms with Crippen molar-refractivity contribution in [3.05, 3.63) is 59.9 Å². The molecule has 1 fully saturated rings. The fourth-order valence-electron chi connectivity index (χ4n) is 3.52. The van der Waals surface area contributed by atoms with Crippen LogP contribution >= 0.6 is 0 Å². The van der Waals surface area contributed by atoms with Crippen LogP contribution in [0.1, 0.15) is 12.0 Å². The zero-order valence-electron chi connectivity index (χ0n) is 15.1. The molecule has 1 aliphatic rings. The Morgan fingerprint density at radius 1 is 1.27 bits per heavy atom. The van der Waals surface area contributed by atoms with Crippen LogP contribution in [0.2, 0.25) is 0 Å². The van der Waals surface area contributed by atoms with Gasteiger partial charge in [-0.15, -0.1) is 0 Å². The van der Waals surface area contributed by atoms with Crippen molar-refractivity contribution in [2.24, 2.45) is 0 Å². The van der Waals surface area contributed by atoms with Gasteiger partial charge in [0.25, 0.3) is 0 Å². The normalized spacial score (nSPS) is 20.0. The number of carbonyl (C=O) groups is 1. The Morgan fingerprint density at radius 2 is 2.08 bits per heavy atom. The first-order chi connectivity index (χ1) is 12.6. The summed E-state index contributed by atoms with van der Waals surface area (Å²) in [5.41, 5.74) is 0.895. The molecule has 1 aliphatic heterocycles. The maximum atomic E-state index is 13.5. The molecule has 0 bridgehead atoms. The standard InChI is InChI=1S/C20H24FN3O2/c1-22-19(25)20(23-17-8-5-7-16(21)12-17)10-11-24(14-20)13-15-6-3-4-9-18(15)26-2/h3-9,12,23H,10-11,13-14H2,1-2H3,(H,22,25). The number of amides is 1. The van der Waals surface area contributed by atoms with Crippen LogP contribution in [-0.2, 0) is 11.3 Å². The van der Waals surface area contributed by atoms with Crippen molar-refractivity contribution in [2.45, 2.75) is 18.5 Å². The van der Waals surface area contributed by atoms with Crippen LogP contribution in [0.3, 0.4) is 0 Å². The van der Waals surface area contributed by atoms with E-state index in [0.29, 0.717) is 25.2 Å². The van der Waals surface area contributed by atoms with E-state index in [9.17, 15) is 9.18 Å². The number of hydrogen-bond acceptors (Lipinski definition) is 4. The molecule has 5 nitrogen and oxygen atoms in total. The molecule has 2 aromatic carbocycles. The lowest BCUT2D eigenvalue weighted by molar-refractivity contribution is -0.124. The van der Waals surface area contributed by atoms with E-state index in [4.69, 9.17) is 4.74 Å². The van der Waals surface area contributed by atoms with E-state index in [1.54, 1.807) is 26.3 Å². The summed E-state index contributed by atoms with van der Waals surface area (Å²) in [5, 5.41) is 6.01. The fraction of sp³-hybridized carbons (Fsp3) is 0.350. The number of anilines is 1. The summed E-state index contributed by atoms with van der Waals surface area (Å²) in [6.07, 6.45) is 0.637. The Hall–Kier alpha value is -2.60. The molecule has 0 saturated carbocycles. The van der Waals surface area contributed by atoms with Gasteiger partial charge in [-0.05, 0) is 30.7 Å². The molecule has 1 saturated heterocycles. The van der Waals surface area contributed by atoms with E-state index in [2.05, 4.69) is 15.5 Å². The van der Waals surface area contributed by atoms with E-state index >= 15 is 0 Å². The predicted octanol–water partition coefficient (Wildman–Crippen LogP) is 2.64. The smallest absolute Gasteiger partial charge is 0.246 e. The number of hydrogen-bond donors (Lipinski definition) is 2. The molecular weight excluding hydrogens is 333 g/mol. The molecule has 1 atom stereocenters. The second-order valence-corrected chi connectivity index (χ2v) is 6.57. The number of nitrogens with zero attached hydrogens (tertiary/aromatic N) is 1. The molecule has 2 N–H and O–H groups in total. The van der Waals surface area contributed by atoms with Gasteiger partial charge in [0.05, 0.1) is 7.11 Å². The largest absolute Gasteiger partial charge is 0.496 e. The Labute approximate surface area is 153 Å². The van der Waals surface area contributed by atoms with Gasteiger partial charge in [-0.1, -0.05) is 24.3 Å². The first-order valence-corrected chi connectivity index (χ1v) is 8.66. The second kappa shape index (κ2) is 7.74. The summed E-state index contributed by atoms with van der Waals surface area (Å²) in [6.45, 7) is 1.97. The van der Waals surface area contributed by atoms with E-state index in [0.717, 1.165) is 17.9 Å². The van der Waals surface area contributed by atoms with Crippen molar-refractivity contribution in [1.29, 1.82) is 0 Å². The fourth-order valence-corrected chi connectivity index (χ4v) is 3.52. The molecule has 3 rings (SSSR count). The molecule has 0 radical (unpaired) electrons. The third kappa shape index (κ3) is 3.80. The van der Waals surface area contributed by atoms with Gasteiger partial charge in [0.15, 0.2) is 0 Å². The molecule has 1 heterocycles. The van der Waals surface area contributed by atoms with Crippen LogP contribution in [-0.4, -0.2) is 43.6 Å². The van der Waals surface area contributed by atoms with Gasteiger partial charge in [0.1, 0.15) is 17.1 Å². The first kappa shape index (κ1) is 18.2. The summed E-state index contributed by atoms with van der Waals surface area (Å²) in [5.74, 6) is 0.415. The number of rotatable bonds is 6. The molecule has 1 unspecified atom stereocenters. The molecule has 0 spiro atoms. The number of benzene rings is 2. The SMILES string of the molecule is CNC(=O)C1(Nc2cccc(F)c2)CCN(Cc2ccccc2OC)C1. The number of likely N-dealkylation sites (tertiary alicyclic amines) is 1. The minimum atomic E-state index is -0.787. The average Bonchev–Trinajstić information content (AvgIpc) is 3.05. The van der Waals surface area contributed by atoms with Gasteiger partial charge in [-0.2, -0.15) is 0 Å². The van der Waals surface area contributed by atoms with Crippen molar-refractivity contribution in [3.63, 3.8) is 0 Å². The Morgan fingerprint density at radius 3 is 2.81 bits per heavy atom. The molecule has 138 valence electrons. The van der Waals surface area contributed by atoms with Gasteiger partial charge in [0, 0.05) is 37.9 Å². The van der Waals surface area contributed by atoms with Crippen LogP contribution in [0.4, 0.5) is 10.1 Å². The molecular formula is C20H24FN3O2. The summed E-state index contributed by atoms with van der Waals surface area (Å²) >= 11 is 0. The van der Waals surface area contributed by atoms with Crippen molar-refractivity contribution in [3.8, 4) is 5.75 Å². The van der Waals surface area contributed by atoms with Crippen LogP contribution in [0.5, 0.6) is 5.75 Å². The summed E-state index contributed by atoms with van der Waals surface area (Å²) in [7, 11) is 3.28. The Kier molecular flexibility index (Phi) is 5.42. The molecule has 26 heavy (non-hydrogen) atoms. The predicted molar refractivity (Wildman–Crippen MR) is 99.7 cm³/mol. The zero-order chi connectivity index (χ0) is 18.6. The maximum absolute atomic E-state index is 13.5. The van der Waals surface area contributed by atoms with Crippen LogP contribution in [0.15, 0.2) is 48.5 Å². The number of carbonyl (C=O) groups excluding carboxylic acids is 1. The average molecular weight is 357 g/mol. The summed E-state index contributed by atoms with van der Waals surface area (Å²) < 4.78 is 19.0. The first-order valence-electron chi connectivity index (χ1n) is 8.66. The quantitative estimate of drug-likeness (QED) is 0.835. The van der Waals surface area contributed by atoms with Crippen LogP contribution < -0.4 is 15.4 Å². The Bertz CT molecular complexity index is 783.